The van der Waals surface area contributed by atoms with Crippen LogP contribution in [0.5, 0.6) is 11.5 Å². The summed E-state index contributed by atoms with van der Waals surface area (Å²) in [6, 6.07) is 13.4. The van der Waals surface area contributed by atoms with E-state index in [2.05, 4.69) is 5.32 Å². The molecule has 1 saturated heterocycles. The van der Waals surface area contributed by atoms with Gasteiger partial charge in [0.1, 0.15) is 5.37 Å². The van der Waals surface area contributed by atoms with Crippen molar-refractivity contribution in [1.82, 2.24) is 0 Å². The van der Waals surface area contributed by atoms with Gasteiger partial charge < -0.3 is 14.8 Å². The molecule has 1 aliphatic carbocycles. The molecule has 150 valence electrons. The molecule has 2 heterocycles. The predicted octanol–water partition coefficient (Wildman–Crippen LogP) is 4.32. The summed E-state index contributed by atoms with van der Waals surface area (Å²) >= 11 is 1.58. The Balaban J connectivity index is 1.39. The highest BCUT2D eigenvalue weighted by Crippen LogP contribution is 2.45. The number of fused-ring (bicyclic) bond motifs is 1. The van der Waals surface area contributed by atoms with E-state index in [4.69, 9.17) is 9.47 Å². The fraction of sp³-hybridized carbons (Fsp3) is 0.364. The molecule has 29 heavy (non-hydrogen) atoms. The van der Waals surface area contributed by atoms with Gasteiger partial charge in [0.05, 0.1) is 5.75 Å². The first-order valence-corrected chi connectivity index (χ1v) is 11.0. The van der Waals surface area contributed by atoms with E-state index < -0.39 is 0 Å². The van der Waals surface area contributed by atoms with Gasteiger partial charge >= 0.3 is 0 Å². The summed E-state index contributed by atoms with van der Waals surface area (Å²) in [5.74, 6) is 2.04. The predicted molar refractivity (Wildman–Crippen MR) is 112 cm³/mol. The van der Waals surface area contributed by atoms with Gasteiger partial charge in [-0.25, -0.2) is 0 Å². The van der Waals surface area contributed by atoms with Gasteiger partial charge in [0.2, 0.25) is 18.6 Å². The van der Waals surface area contributed by atoms with Crippen molar-refractivity contribution < 1.29 is 19.1 Å². The molecule has 6 nitrogen and oxygen atoms in total. The molecule has 0 spiro atoms. The molecule has 0 unspecified atom stereocenters. The Hall–Kier alpha value is -2.67. The van der Waals surface area contributed by atoms with Gasteiger partial charge in [0.25, 0.3) is 0 Å². The second-order valence-electron chi connectivity index (χ2n) is 7.56. The molecule has 1 N–H and O–H groups in total. The number of carbonyl (C=O) groups excluding carboxylic acids is 2. The Morgan fingerprint density at radius 2 is 1.90 bits per heavy atom. The molecular weight excluding hydrogens is 388 g/mol. The molecule has 2 fully saturated rings. The molecule has 2 amide bonds. The van der Waals surface area contributed by atoms with E-state index in [9.17, 15) is 9.59 Å². The van der Waals surface area contributed by atoms with E-state index >= 15 is 0 Å². The standard InChI is InChI=1S/C22H22N2O4S/c25-20-12-29-22(24(20)17-8-9-18-19(11-17)28-13-27-18)15-6-3-7-16(10-15)23-21(26)14-4-1-2-5-14/h3,6-11,14,22H,1-2,4-5,12-13H2,(H,23,26)/t22-/m1/s1. The largest absolute Gasteiger partial charge is 0.454 e. The molecule has 5 rings (SSSR count). The van der Waals surface area contributed by atoms with Gasteiger partial charge in [-0.05, 0) is 42.7 Å². The summed E-state index contributed by atoms with van der Waals surface area (Å²) in [4.78, 5) is 26.9. The molecule has 0 radical (unpaired) electrons. The maximum atomic E-state index is 12.7. The third kappa shape index (κ3) is 3.55. The van der Waals surface area contributed by atoms with Crippen molar-refractivity contribution in [2.24, 2.45) is 5.92 Å². The number of rotatable bonds is 4. The van der Waals surface area contributed by atoms with Crippen molar-refractivity contribution in [3.63, 3.8) is 0 Å². The number of nitrogens with one attached hydrogen (secondary N) is 1. The molecule has 1 saturated carbocycles. The molecule has 0 aromatic heterocycles. The fourth-order valence-electron chi connectivity index (χ4n) is 4.19. The highest BCUT2D eigenvalue weighted by Gasteiger charge is 2.35. The van der Waals surface area contributed by atoms with Gasteiger partial charge in [-0.15, -0.1) is 11.8 Å². The third-order valence-electron chi connectivity index (χ3n) is 5.67. The number of hydrogen-bond acceptors (Lipinski definition) is 5. The minimum atomic E-state index is -0.147. The summed E-state index contributed by atoms with van der Waals surface area (Å²) in [6.45, 7) is 0.202. The molecule has 2 aromatic rings. The van der Waals surface area contributed by atoms with Crippen LogP contribution in [0.25, 0.3) is 0 Å². The normalized spacial score (nSPS) is 21.0. The van der Waals surface area contributed by atoms with Crippen LogP contribution < -0.4 is 19.7 Å². The molecule has 1 atom stereocenters. The van der Waals surface area contributed by atoms with Crippen LogP contribution in [-0.4, -0.2) is 24.4 Å². The fourth-order valence-corrected chi connectivity index (χ4v) is 5.35. The number of hydrogen-bond donors (Lipinski definition) is 1. The van der Waals surface area contributed by atoms with Crippen LogP contribution in [0.3, 0.4) is 0 Å². The lowest BCUT2D eigenvalue weighted by atomic mass is 10.1. The maximum Gasteiger partial charge on any atom is 0.238 e. The number of anilines is 2. The van der Waals surface area contributed by atoms with Crippen molar-refractivity contribution in [3.8, 4) is 11.5 Å². The van der Waals surface area contributed by atoms with E-state index in [1.165, 1.54) is 0 Å². The van der Waals surface area contributed by atoms with E-state index in [0.717, 1.165) is 42.6 Å². The summed E-state index contributed by atoms with van der Waals surface area (Å²) < 4.78 is 10.9. The van der Waals surface area contributed by atoms with E-state index in [-0.39, 0.29) is 29.9 Å². The minimum Gasteiger partial charge on any atom is -0.454 e. The van der Waals surface area contributed by atoms with Crippen LogP contribution in [0.4, 0.5) is 11.4 Å². The smallest absolute Gasteiger partial charge is 0.238 e. The van der Waals surface area contributed by atoms with Crippen LogP contribution in [0.1, 0.15) is 36.6 Å². The number of thioether (sulfide) groups is 1. The lowest BCUT2D eigenvalue weighted by molar-refractivity contribution is -0.119. The van der Waals surface area contributed by atoms with E-state index in [1.54, 1.807) is 16.7 Å². The van der Waals surface area contributed by atoms with Gasteiger partial charge in [0, 0.05) is 23.4 Å². The number of ether oxygens (including phenoxy) is 2. The van der Waals surface area contributed by atoms with Crippen molar-refractivity contribution in [2.45, 2.75) is 31.1 Å². The SMILES string of the molecule is O=C(Nc1cccc([C@H]2SCC(=O)N2c2ccc3c(c2)OCO3)c1)C1CCCC1. The Bertz CT molecular complexity index is 958. The lowest BCUT2D eigenvalue weighted by Crippen LogP contribution is -2.27. The van der Waals surface area contributed by atoms with Crippen LogP contribution in [0.15, 0.2) is 42.5 Å². The second-order valence-corrected chi connectivity index (χ2v) is 8.63. The summed E-state index contributed by atoms with van der Waals surface area (Å²) in [5.41, 5.74) is 2.56. The monoisotopic (exact) mass is 410 g/mol. The van der Waals surface area contributed by atoms with Gasteiger partial charge in [0.15, 0.2) is 11.5 Å². The Labute approximate surface area is 173 Å². The van der Waals surface area contributed by atoms with Crippen LogP contribution in [0, 0.1) is 5.92 Å². The molecular formula is C22H22N2O4S. The topological polar surface area (TPSA) is 67.9 Å². The maximum absolute atomic E-state index is 12.7. The van der Waals surface area contributed by atoms with E-state index in [1.807, 2.05) is 42.5 Å². The zero-order valence-corrected chi connectivity index (χ0v) is 16.7. The summed E-state index contributed by atoms with van der Waals surface area (Å²) in [7, 11) is 0. The number of nitrogens with zero attached hydrogens (tertiary/aromatic N) is 1. The van der Waals surface area contributed by atoms with Gasteiger partial charge in [-0.3, -0.25) is 14.5 Å². The number of carbonyl (C=O) groups is 2. The molecule has 3 aliphatic rings. The average molecular weight is 410 g/mol. The first kappa shape index (κ1) is 18.4. The van der Waals surface area contributed by atoms with Crippen LogP contribution in [0.2, 0.25) is 0 Å². The van der Waals surface area contributed by atoms with Crippen molar-refractivity contribution in [2.75, 3.05) is 22.8 Å². The average Bonchev–Trinajstić information content (AvgIpc) is 3.48. The van der Waals surface area contributed by atoms with Crippen molar-refractivity contribution >= 4 is 35.0 Å². The summed E-state index contributed by atoms with van der Waals surface area (Å²) in [6.07, 6.45) is 4.19. The third-order valence-corrected chi connectivity index (χ3v) is 6.88. The molecule has 2 aliphatic heterocycles. The summed E-state index contributed by atoms with van der Waals surface area (Å²) in [5, 5.41) is 2.91. The highest BCUT2D eigenvalue weighted by atomic mass is 32.2. The Morgan fingerprint density at radius 1 is 1.07 bits per heavy atom. The highest BCUT2D eigenvalue weighted by molar-refractivity contribution is 8.00. The lowest BCUT2D eigenvalue weighted by Gasteiger charge is -2.25. The van der Waals surface area contributed by atoms with Crippen molar-refractivity contribution in [3.05, 3.63) is 48.0 Å². The molecule has 2 aromatic carbocycles. The zero-order chi connectivity index (χ0) is 19.8. The molecule has 7 heteroatoms. The van der Waals surface area contributed by atoms with E-state index in [0.29, 0.717) is 17.3 Å². The van der Waals surface area contributed by atoms with Crippen molar-refractivity contribution in [1.29, 1.82) is 0 Å². The molecule has 0 bridgehead atoms. The number of benzene rings is 2. The Kier molecular flexibility index (Phi) is 4.83. The Morgan fingerprint density at radius 3 is 2.76 bits per heavy atom. The van der Waals surface area contributed by atoms with Gasteiger partial charge in [-0.2, -0.15) is 0 Å². The quantitative estimate of drug-likeness (QED) is 0.813. The van der Waals surface area contributed by atoms with Crippen LogP contribution in [-0.2, 0) is 9.59 Å². The second kappa shape index (κ2) is 7.63. The minimum absolute atomic E-state index is 0.0549. The van der Waals surface area contributed by atoms with Crippen LogP contribution >= 0.6 is 11.8 Å². The first-order valence-electron chi connectivity index (χ1n) is 9.93. The zero-order valence-electron chi connectivity index (χ0n) is 15.9. The first-order chi connectivity index (χ1) is 14.2. The number of amides is 2. The van der Waals surface area contributed by atoms with Gasteiger partial charge in [-0.1, -0.05) is 25.0 Å².